The highest BCUT2D eigenvalue weighted by Crippen LogP contribution is 2.18. The van der Waals surface area contributed by atoms with Crippen LogP contribution in [0.25, 0.3) is 0 Å². The second-order valence-electron chi connectivity index (χ2n) is 3.97. The zero-order valence-corrected chi connectivity index (χ0v) is 11.1. The van der Waals surface area contributed by atoms with E-state index < -0.39 is 0 Å². The Labute approximate surface area is 111 Å². The van der Waals surface area contributed by atoms with Crippen molar-refractivity contribution in [2.45, 2.75) is 19.0 Å². The number of anilines is 1. The second kappa shape index (κ2) is 5.49. The molecule has 0 aliphatic carbocycles. The molecule has 1 aromatic rings. The minimum Gasteiger partial charge on any atom is -0.394 e. The highest BCUT2D eigenvalue weighted by molar-refractivity contribution is 9.10. The maximum atomic E-state index is 11.8. The van der Waals surface area contributed by atoms with E-state index in [0.29, 0.717) is 23.1 Å². The maximum absolute atomic E-state index is 11.8. The minimum absolute atomic E-state index is 0.00907. The number of carbonyl (C=O) groups is 1. The van der Waals surface area contributed by atoms with E-state index in [1.807, 2.05) is 0 Å². The molecule has 1 atom stereocenters. The van der Waals surface area contributed by atoms with Crippen LogP contribution in [0.3, 0.4) is 0 Å². The molecule has 0 spiro atoms. The van der Waals surface area contributed by atoms with E-state index in [0.717, 1.165) is 0 Å². The van der Waals surface area contributed by atoms with Gasteiger partial charge in [-0.15, -0.1) is 0 Å². The van der Waals surface area contributed by atoms with E-state index in [2.05, 4.69) is 31.7 Å². The van der Waals surface area contributed by atoms with Crippen molar-refractivity contribution in [1.82, 2.24) is 15.1 Å². The molecule has 1 fully saturated rings. The first-order chi connectivity index (χ1) is 8.61. The number of amides is 1. The van der Waals surface area contributed by atoms with E-state index in [1.54, 1.807) is 0 Å². The molecule has 3 N–H and O–H groups in total. The third kappa shape index (κ3) is 2.70. The summed E-state index contributed by atoms with van der Waals surface area (Å²) >= 11 is 3.20. The molecule has 1 aliphatic heterocycles. The standard InChI is InChI=1S/C10H13BrN4O3/c11-9-7(14-6-3-8(17)12-4-6)5-13-15(1-2-16)10(9)18/h5-6,14,16H,1-4H2,(H,12,17). The van der Waals surface area contributed by atoms with Crippen molar-refractivity contribution in [3.8, 4) is 0 Å². The molecular weight excluding hydrogens is 304 g/mol. The van der Waals surface area contributed by atoms with E-state index in [4.69, 9.17) is 5.11 Å². The molecule has 0 aromatic carbocycles. The number of nitrogens with one attached hydrogen (secondary N) is 2. The van der Waals surface area contributed by atoms with E-state index in [9.17, 15) is 9.59 Å². The Balaban J connectivity index is 2.17. The topological polar surface area (TPSA) is 96.2 Å². The predicted molar refractivity (Wildman–Crippen MR) is 68.3 cm³/mol. The molecule has 8 heteroatoms. The third-order valence-electron chi connectivity index (χ3n) is 2.63. The van der Waals surface area contributed by atoms with Gasteiger partial charge >= 0.3 is 0 Å². The molecule has 98 valence electrons. The summed E-state index contributed by atoms with van der Waals surface area (Å²) in [6.07, 6.45) is 1.89. The van der Waals surface area contributed by atoms with Gasteiger partial charge in [0, 0.05) is 13.0 Å². The van der Waals surface area contributed by atoms with Gasteiger partial charge < -0.3 is 15.7 Å². The summed E-state index contributed by atoms with van der Waals surface area (Å²) < 4.78 is 1.53. The van der Waals surface area contributed by atoms with Crippen LogP contribution in [0.5, 0.6) is 0 Å². The molecule has 0 saturated carbocycles. The van der Waals surface area contributed by atoms with Crippen molar-refractivity contribution in [1.29, 1.82) is 0 Å². The Morgan fingerprint density at radius 2 is 2.39 bits per heavy atom. The van der Waals surface area contributed by atoms with E-state index in [1.165, 1.54) is 10.9 Å². The Morgan fingerprint density at radius 1 is 1.61 bits per heavy atom. The summed E-state index contributed by atoms with van der Waals surface area (Å²) in [4.78, 5) is 22.9. The lowest BCUT2D eigenvalue weighted by atomic mass is 10.2. The lowest BCUT2D eigenvalue weighted by Crippen LogP contribution is -2.28. The number of aliphatic hydroxyl groups is 1. The fourth-order valence-electron chi connectivity index (χ4n) is 1.75. The van der Waals surface area contributed by atoms with Crippen LogP contribution in [0.2, 0.25) is 0 Å². The molecule has 1 aromatic heterocycles. The van der Waals surface area contributed by atoms with E-state index >= 15 is 0 Å². The minimum atomic E-state index is -0.314. The Kier molecular flexibility index (Phi) is 3.97. The Hall–Kier alpha value is -1.41. The van der Waals surface area contributed by atoms with Gasteiger partial charge in [-0.05, 0) is 15.9 Å². The average Bonchev–Trinajstić information content (AvgIpc) is 2.75. The predicted octanol–water partition coefficient (Wildman–Crippen LogP) is -0.702. The number of hydrogen-bond donors (Lipinski definition) is 3. The molecule has 1 unspecified atom stereocenters. The lowest BCUT2D eigenvalue weighted by molar-refractivity contribution is -0.119. The lowest BCUT2D eigenvalue weighted by Gasteiger charge is -2.13. The van der Waals surface area contributed by atoms with Gasteiger partial charge in [-0.3, -0.25) is 9.59 Å². The molecule has 1 aliphatic rings. The summed E-state index contributed by atoms with van der Waals surface area (Å²) in [6, 6.07) is -0.0382. The number of nitrogens with zero attached hydrogens (tertiary/aromatic N) is 2. The highest BCUT2D eigenvalue weighted by atomic mass is 79.9. The van der Waals surface area contributed by atoms with Gasteiger partial charge in [-0.1, -0.05) is 0 Å². The monoisotopic (exact) mass is 316 g/mol. The van der Waals surface area contributed by atoms with Crippen LogP contribution in [-0.4, -0.2) is 40.0 Å². The molecule has 1 saturated heterocycles. The number of halogens is 1. The molecule has 18 heavy (non-hydrogen) atoms. The first-order valence-corrected chi connectivity index (χ1v) is 6.31. The fourth-order valence-corrected chi connectivity index (χ4v) is 2.17. The molecular formula is C10H13BrN4O3. The van der Waals surface area contributed by atoms with Crippen molar-refractivity contribution in [2.75, 3.05) is 18.5 Å². The maximum Gasteiger partial charge on any atom is 0.283 e. The summed E-state index contributed by atoms with van der Waals surface area (Å²) in [6.45, 7) is 0.541. The number of rotatable bonds is 4. The smallest absolute Gasteiger partial charge is 0.283 e. The van der Waals surface area contributed by atoms with Gasteiger partial charge in [-0.25, -0.2) is 4.68 Å². The van der Waals surface area contributed by atoms with Gasteiger partial charge in [0.05, 0.1) is 31.1 Å². The molecule has 2 rings (SSSR count). The largest absolute Gasteiger partial charge is 0.394 e. The number of aromatic nitrogens is 2. The van der Waals surface area contributed by atoms with Gasteiger partial charge in [0.2, 0.25) is 5.91 Å². The van der Waals surface area contributed by atoms with Crippen molar-refractivity contribution in [3.63, 3.8) is 0 Å². The number of carbonyl (C=O) groups excluding carboxylic acids is 1. The van der Waals surface area contributed by atoms with Crippen LogP contribution in [-0.2, 0) is 11.3 Å². The highest BCUT2D eigenvalue weighted by Gasteiger charge is 2.22. The quantitative estimate of drug-likeness (QED) is 0.682. The molecule has 0 radical (unpaired) electrons. The van der Waals surface area contributed by atoms with Crippen molar-refractivity contribution < 1.29 is 9.90 Å². The van der Waals surface area contributed by atoms with Crippen LogP contribution in [0, 0.1) is 0 Å². The first-order valence-electron chi connectivity index (χ1n) is 5.51. The Morgan fingerprint density at radius 3 is 3.00 bits per heavy atom. The third-order valence-corrected chi connectivity index (χ3v) is 3.40. The van der Waals surface area contributed by atoms with Crippen molar-refractivity contribution >= 4 is 27.5 Å². The van der Waals surface area contributed by atoms with Crippen LogP contribution < -0.4 is 16.2 Å². The SMILES string of the molecule is O=C1CC(Nc2cnn(CCO)c(=O)c2Br)CN1. The van der Waals surface area contributed by atoms with Crippen molar-refractivity contribution in [2.24, 2.45) is 0 Å². The molecule has 7 nitrogen and oxygen atoms in total. The zero-order chi connectivity index (χ0) is 13.1. The van der Waals surface area contributed by atoms with Crippen molar-refractivity contribution in [3.05, 3.63) is 21.0 Å². The van der Waals surface area contributed by atoms with Gasteiger partial charge in [0.1, 0.15) is 4.47 Å². The summed E-state index contributed by atoms with van der Waals surface area (Å²) in [5.74, 6) is -0.00907. The van der Waals surface area contributed by atoms with Crippen LogP contribution in [0.4, 0.5) is 5.69 Å². The zero-order valence-electron chi connectivity index (χ0n) is 9.52. The van der Waals surface area contributed by atoms with Crippen LogP contribution in [0.15, 0.2) is 15.5 Å². The summed E-state index contributed by atoms with van der Waals surface area (Å²) in [5, 5.41) is 18.5. The van der Waals surface area contributed by atoms with Gasteiger partial charge in [-0.2, -0.15) is 5.10 Å². The van der Waals surface area contributed by atoms with Gasteiger partial charge in [0.15, 0.2) is 0 Å². The second-order valence-corrected chi connectivity index (χ2v) is 4.77. The fraction of sp³-hybridized carbons (Fsp3) is 0.500. The molecule has 0 bridgehead atoms. The van der Waals surface area contributed by atoms with E-state index in [-0.39, 0.29) is 30.7 Å². The molecule has 2 heterocycles. The first kappa shape index (κ1) is 13.0. The summed E-state index contributed by atoms with van der Waals surface area (Å²) in [7, 11) is 0. The van der Waals surface area contributed by atoms with Crippen LogP contribution >= 0.6 is 15.9 Å². The van der Waals surface area contributed by atoms with Gasteiger partial charge in [0.25, 0.3) is 5.56 Å². The normalized spacial score (nSPS) is 18.8. The number of hydrogen-bond acceptors (Lipinski definition) is 5. The Bertz CT molecular complexity index is 516. The number of aliphatic hydroxyl groups excluding tert-OH is 1. The average molecular weight is 317 g/mol. The molecule has 1 amide bonds. The summed E-state index contributed by atoms with van der Waals surface area (Å²) in [5.41, 5.74) is 0.238. The van der Waals surface area contributed by atoms with Crippen LogP contribution in [0.1, 0.15) is 6.42 Å².